The molecule has 2 fully saturated rings. The van der Waals surface area contributed by atoms with E-state index in [2.05, 4.69) is 9.80 Å². The molecule has 0 atom stereocenters. The third kappa shape index (κ3) is 5.36. The van der Waals surface area contributed by atoms with Crippen LogP contribution in [0.4, 0.5) is 8.78 Å². The second kappa shape index (κ2) is 10.3. The van der Waals surface area contributed by atoms with Crippen molar-refractivity contribution in [2.75, 3.05) is 45.8 Å². The van der Waals surface area contributed by atoms with Crippen LogP contribution in [0.2, 0.25) is 0 Å². The van der Waals surface area contributed by atoms with Gasteiger partial charge in [-0.1, -0.05) is 24.3 Å². The summed E-state index contributed by atoms with van der Waals surface area (Å²) >= 11 is 0. The molecule has 30 heavy (non-hydrogen) atoms. The van der Waals surface area contributed by atoms with Gasteiger partial charge < -0.3 is 4.90 Å². The fourth-order valence-corrected chi connectivity index (χ4v) is 4.35. The summed E-state index contributed by atoms with van der Waals surface area (Å²) < 4.78 is 26.9. The smallest absolute Gasteiger partial charge is 0.222 e. The Bertz CT molecular complexity index is 778. The SMILES string of the molecule is Cl.O=C1CCCN1CCN1CCN(C(c2ccc(F)cc2)c2ccc(F)cc2)CC1. The molecular formula is C23H28ClF2N3O. The van der Waals surface area contributed by atoms with E-state index in [0.29, 0.717) is 6.42 Å². The zero-order valence-corrected chi connectivity index (χ0v) is 17.8. The van der Waals surface area contributed by atoms with Crippen molar-refractivity contribution in [2.45, 2.75) is 18.9 Å². The molecule has 0 spiro atoms. The van der Waals surface area contributed by atoms with E-state index < -0.39 is 0 Å². The van der Waals surface area contributed by atoms with Gasteiger partial charge in [0.1, 0.15) is 11.6 Å². The summed E-state index contributed by atoms with van der Waals surface area (Å²) in [5.41, 5.74) is 2.02. The fourth-order valence-electron chi connectivity index (χ4n) is 4.35. The van der Waals surface area contributed by atoms with Gasteiger partial charge in [0, 0.05) is 52.2 Å². The average Bonchev–Trinajstić information content (AvgIpc) is 3.15. The number of hydrogen-bond donors (Lipinski definition) is 0. The summed E-state index contributed by atoms with van der Waals surface area (Å²) in [5.74, 6) is -0.239. The number of hydrogen-bond acceptors (Lipinski definition) is 3. The number of carbonyl (C=O) groups excluding carboxylic acids is 1. The maximum absolute atomic E-state index is 13.4. The summed E-state index contributed by atoms with van der Waals surface area (Å²) in [6.07, 6.45) is 1.66. The maximum atomic E-state index is 13.4. The third-order valence-electron chi connectivity index (χ3n) is 6.00. The van der Waals surface area contributed by atoms with E-state index in [9.17, 15) is 13.6 Å². The lowest BCUT2D eigenvalue weighted by molar-refractivity contribution is -0.127. The molecule has 4 rings (SSSR count). The van der Waals surface area contributed by atoms with Crippen LogP contribution in [0.25, 0.3) is 0 Å². The molecule has 2 saturated heterocycles. The Labute approximate surface area is 182 Å². The third-order valence-corrected chi connectivity index (χ3v) is 6.00. The first-order valence-electron chi connectivity index (χ1n) is 10.4. The van der Waals surface area contributed by atoms with Crippen LogP contribution in [0.15, 0.2) is 48.5 Å². The van der Waals surface area contributed by atoms with Crippen LogP contribution in [0, 0.1) is 11.6 Å². The number of benzene rings is 2. The summed E-state index contributed by atoms with van der Waals surface area (Å²) in [6, 6.07) is 13.2. The molecule has 0 aliphatic carbocycles. The van der Waals surface area contributed by atoms with E-state index in [-0.39, 0.29) is 36.0 Å². The number of rotatable bonds is 6. The lowest BCUT2D eigenvalue weighted by Gasteiger charge is -2.40. The van der Waals surface area contributed by atoms with Gasteiger partial charge in [0.2, 0.25) is 5.91 Å². The summed E-state index contributed by atoms with van der Waals surface area (Å²) in [7, 11) is 0. The minimum atomic E-state index is -0.257. The monoisotopic (exact) mass is 435 g/mol. The van der Waals surface area contributed by atoms with Crippen LogP contribution in [0.1, 0.15) is 30.0 Å². The number of amides is 1. The lowest BCUT2D eigenvalue weighted by atomic mass is 9.96. The van der Waals surface area contributed by atoms with E-state index in [0.717, 1.165) is 63.4 Å². The molecule has 1 amide bonds. The number of carbonyl (C=O) groups is 1. The Balaban J connectivity index is 0.00000256. The van der Waals surface area contributed by atoms with Gasteiger partial charge in [0.15, 0.2) is 0 Å². The minimum Gasteiger partial charge on any atom is -0.341 e. The van der Waals surface area contributed by atoms with Crippen molar-refractivity contribution < 1.29 is 13.6 Å². The van der Waals surface area contributed by atoms with Gasteiger partial charge in [-0.15, -0.1) is 12.4 Å². The van der Waals surface area contributed by atoms with E-state index in [1.165, 1.54) is 24.3 Å². The Kier molecular flexibility index (Phi) is 7.81. The molecule has 2 aliphatic rings. The summed E-state index contributed by atoms with van der Waals surface area (Å²) in [6.45, 7) is 6.16. The predicted octanol–water partition coefficient (Wildman–Crippen LogP) is 3.72. The van der Waals surface area contributed by atoms with E-state index >= 15 is 0 Å². The highest BCUT2D eigenvalue weighted by Gasteiger charge is 2.27. The van der Waals surface area contributed by atoms with Crippen molar-refractivity contribution in [1.29, 1.82) is 0 Å². The average molecular weight is 436 g/mol. The van der Waals surface area contributed by atoms with Gasteiger partial charge in [0.05, 0.1) is 6.04 Å². The molecule has 0 radical (unpaired) electrons. The van der Waals surface area contributed by atoms with Crippen molar-refractivity contribution in [1.82, 2.24) is 14.7 Å². The Hall–Kier alpha value is -2.02. The van der Waals surface area contributed by atoms with Crippen molar-refractivity contribution in [3.05, 3.63) is 71.3 Å². The molecule has 0 N–H and O–H groups in total. The minimum absolute atomic E-state index is 0. The fraction of sp³-hybridized carbons (Fsp3) is 0.435. The van der Waals surface area contributed by atoms with Crippen LogP contribution >= 0.6 is 12.4 Å². The largest absolute Gasteiger partial charge is 0.341 e. The quantitative estimate of drug-likeness (QED) is 0.692. The van der Waals surface area contributed by atoms with Crippen molar-refractivity contribution in [2.24, 2.45) is 0 Å². The number of halogens is 3. The maximum Gasteiger partial charge on any atom is 0.222 e. The van der Waals surface area contributed by atoms with Gasteiger partial charge in [-0.2, -0.15) is 0 Å². The van der Waals surface area contributed by atoms with Crippen molar-refractivity contribution in [3.63, 3.8) is 0 Å². The topological polar surface area (TPSA) is 26.8 Å². The first-order chi connectivity index (χ1) is 14.1. The van der Waals surface area contributed by atoms with Gasteiger partial charge in [0.25, 0.3) is 0 Å². The zero-order chi connectivity index (χ0) is 20.2. The van der Waals surface area contributed by atoms with Crippen LogP contribution < -0.4 is 0 Å². The number of nitrogens with zero attached hydrogens (tertiary/aromatic N) is 3. The Morgan fingerprint density at radius 2 is 1.30 bits per heavy atom. The Morgan fingerprint density at radius 1 is 0.767 bits per heavy atom. The van der Waals surface area contributed by atoms with Crippen LogP contribution in [-0.4, -0.2) is 66.4 Å². The van der Waals surface area contributed by atoms with E-state index in [1.54, 1.807) is 0 Å². The van der Waals surface area contributed by atoms with Crippen LogP contribution in [-0.2, 0) is 4.79 Å². The highest BCUT2D eigenvalue weighted by atomic mass is 35.5. The molecule has 7 heteroatoms. The molecule has 162 valence electrons. The molecule has 0 aromatic heterocycles. The van der Waals surface area contributed by atoms with Crippen LogP contribution in [0.3, 0.4) is 0 Å². The lowest BCUT2D eigenvalue weighted by Crippen LogP contribution is -2.49. The molecule has 2 heterocycles. The first-order valence-corrected chi connectivity index (χ1v) is 10.4. The highest BCUT2D eigenvalue weighted by molar-refractivity contribution is 5.85. The molecule has 4 nitrogen and oxygen atoms in total. The van der Waals surface area contributed by atoms with Gasteiger partial charge in [-0.25, -0.2) is 8.78 Å². The first kappa shape index (κ1) is 22.7. The van der Waals surface area contributed by atoms with Crippen LogP contribution in [0.5, 0.6) is 0 Å². The zero-order valence-electron chi connectivity index (χ0n) is 17.0. The van der Waals surface area contributed by atoms with Crippen molar-refractivity contribution in [3.8, 4) is 0 Å². The normalized spacial score (nSPS) is 18.1. The molecule has 2 aromatic carbocycles. The van der Waals surface area contributed by atoms with Crippen molar-refractivity contribution >= 4 is 18.3 Å². The number of likely N-dealkylation sites (tertiary alicyclic amines) is 1. The molecule has 0 bridgehead atoms. The molecule has 2 aromatic rings. The molecule has 2 aliphatic heterocycles. The summed E-state index contributed by atoms with van der Waals surface area (Å²) in [5, 5.41) is 0. The second-order valence-electron chi connectivity index (χ2n) is 7.87. The Morgan fingerprint density at radius 3 is 1.77 bits per heavy atom. The van der Waals surface area contributed by atoms with Gasteiger partial charge in [-0.05, 0) is 41.8 Å². The van der Waals surface area contributed by atoms with Gasteiger partial charge in [-0.3, -0.25) is 14.6 Å². The number of piperazine rings is 1. The predicted molar refractivity (Wildman–Crippen MR) is 116 cm³/mol. The highest BCUT2D eigenvalue weighted by Crippen LogP contribution is 2.30. The second-order valence-corrected chi connectivity index (χ2v) is 7.87. The molecular weight excluding hydrogens is 408 g/mol. The van der Waals surface area contributed by atoms with E-state index in [1.807, 2.05) is 29.2 Å². The van der Waals surface area contributed by atoms with E-state index in [4.69, 9.17) is 0 Å². The standard InChI is InChI=1S/C23H27F2N3O.ClH/c24-20-7-3-18(4-8-20)23(19-5-9-21(25)10-6-19)28-16-13-26(14-17-28)12-15-27-11-1-2-22(27)29;/h3-10,23H,1-2,11-17H2;1H. The molecule has 0 saturated carbocycles. The van der Waals surface area contributed by atoms with Gasteiger partial charge >= 0.3 is 0 Å². The molecule has 0 unspecified atom stereocenters. The summed E-state index contributed by atoms with van der Waals surface area (Å²) in [4.78, 5) is 18.5.